The van der Waals surface area contributed by atoms with E-state index in [-0.39, 0.29) is 0 Å². The molecule has 3 heteroatoms. The number of hydrogen-bond acceptors (Lipinski definition) is 1. The Bertz CT molecular complexity index is 581. The van der Waals surface area contributed by atoms with Gasteiger partial charge < -0.3 is 5.32 Å². The first-order valence-corrected chi connectivity index (χ1v) is 7.51. The molecule has 2 aromatic rings. The molecule has 1 N–H and O–H groups in total. The number of nitrogens with one attached hydrogen (secondary N) is 1. The van der Waals surface area contributed by atoms with Crippen molar-refractivity contribution in [2.75, 3.05) is 7.05 Å². The number of likely N-dealkylation sites (N-methyl/N-ethyl adjacent to an activating group) is 1. The quantitative estimate of drug-likeness (QED) is 0.846. The first-order valence-electron chi connectivity index (χ1n) is 6.76. The van der Waals surface area contributed by atoms with E-state index in [0.717, 1.165) is 28.5 Å². The van der Waals surface area contributed by atoms with E-state index < -0.39 is 0 Å². The number of hydrogen-bond donors (Lipinski definition) is 1. The normalized spacial score (nSPS) is 12.4. The summed E-state index contributed by atoms with van der Waals surface area (Å²) in [5, 5.41) is 5.01. The van der Waals surface area contributed by atoms with Crippen LogP contribution in [-0.2, 0) is 12.8 Å². The van der Waals surface area contributed by atoms with Crippen LogP contribution in [0.4, 0.5) is 0 Å². The lowest BCUT2D eigenvalue weighted by Crippen LogP contribution is -2.30. The molecule has 0 fully saturated rings. The molecule has 0 heterocycles. The summed E-state index contributed by atoms with van der Waals surface area (Å²) in [6, 6.07) is 14.5. The average Bonchev–Trinajstić information content (AvgIpc) is 2.43. The van der Waals surface area contributed by atoms with Gasteiger partial charge in [0, 0.05) is 16.1 Å². The molecule has 0 amide bonds. The summed E-state index contributed by atoms with van der Waals surface area (Å²) in [5.74, 6) is 0. The molecule has 106 valence electrons. The fourth-order valence-corrected chi connectivity index (χ4v) is 2.81. The van der Waals surface area contributed by atoms with Gasteiger partial charge in [0.2, 0.25) is 0 Å². The Morgan fingerprint density at radius 2 is 1.60 bits per heavy atom. The molecule has 1 nitrogen and oxygen atoms in total. The van der Waals surface area contributed by atoms with Crippen LogP contribution in [0, 0.1) is 6.92 Å². The van der Waals surface area contributed by atoms with Crippen molar-refractivity contribution in [3.05, 3.63) is 69.2 Å². The number of aryl methyl sites for hydroxylation is 1. The smallest absolute Gasteiger partial charge is 0.0441 e. The third-order valence-corrected chi connectivity index (χ3v) is 4.23. The van der Waals surface area contributed by atoms with Gasteiger partial charge in [-0.1, -0.05) is 53.5 Å². The van der Waals surface area contributed by atoms with Crippen LogP contribution in [-0.4, -0.2) is 13.1 Å². The second-order valence-electron chi connectivity index (χ2n) is 5.08. The minimum atomic E-state index is 0.315. The molecule has 0 bridgehead atoms. The highest BCUT2D eigenvalue weighted by atomic mass is 35.5. The topological polar surface area (TPSA) is 12.0 Å². The molecule has 1 unspecified atom stereocenters. The predicted molar refractivity (Wildman–Crippen MR) is 87.9 cm³/mol. The van der Waals surface area contributed by atoms with Gasteiger partial charge in [-0.15, -0.1) is 0 Å². The summed E-state index contributed by atoms with van der Waals surface area (Å²) < 4.78 is 0. The van der Waals surface area contributed by atoms with Gasteiger partial charge in [0.05, 0.1) is 0 Å². The Morgan fingerprint density at radius 3 is 2.20 bits per heavy atom. The minimum absolute atomic E-state index is 0.315. The molecule has 0 radical (unpaired) electrons. The molecule has 1 atom stereocenters. The van der Waals surface area contributed by atoms with Crippen LogP contribution in [0.3, 0.4) is 0 Å². The Kier molecular flexibility index (Phi) is 5.47. The zero-order valence-electron chi connectivity index (χ0n) is 11.8. The van der Waals surface area contributed by atoms with E-state index in [4.69, 9.17) is 23.2 Å². The lowest BCUT2D eigenvalue weighted by Gasteiger charge is -2.18. The molecule has 0 aliphatic heterocycles. The van der Waals surface area contributed by atoms with E-state index in [1.165, 1.54) is 11.1 Å². The molecule has 2 aromatic carbocycles. The van der Waals surface area contributed by atoms with E-state index in [0.29, 0.717) is 6.04 Å². The highest BCUT2D eigenvalue weighted by Crippen LogP contribution is 2.22. The van der Waals surface area contributed by atoms with Crippen LogP contribution < -0.4 is 5.32 Å². The third-order valence-electron chi connectivity index (χ3n) is 3.51. The standard InChI is InChI=1S/C17H19Cl2N/c1-12-7-8-14(17(19)9-12)11-15(20-2)10-13-5-3-4-6-16(13)18/h3-9,15,20H,10-11H2,1-2H3. The molecule has 0 saturated carbocycles. The van der Waals surface area contributed by atoms with Crippen LogP contribution in [0.1, 0.15) is 16.7 Å². The van der Waals surface area contributed by atoms with Crippen molar-refractivity contribution in [2.45, 2.75) is 25.8 Å². The van der Waals surface area contributed by atoms with Gasteiger partial charge in [0.15, 0.2) is 0 Å². The van der Waals surface area contributed by atoms with Crippen molar-refractivity contribution in [2.24, 2.45) is 0 Å². The van der Waals surface area contributed by atoms with Gasteiger partial charge in [0.1, 0.15) is 0 Å². The van der Waals surface area contributed by atoms with Crippen molar-refractivity contribution in [3.8, 4) is 0 Å². The van der Waals surface area contributed by atoms with Crippen molar-refractivity contribution >= 4 is 23.2 Å². The van der Waals surface area contributed by atoms with Crippen molar-refractivity contribution < 1.29 is 0 Å². The molecule has 2 rings (SSSR count). The summed E-state index contributed by atoms with van der Waals surface area (Å²) in [6.07, 6.45) is 1.78. The van der Waals surface area contributed by atoms with E-state index in [2.05, 4.69) is 30.4 Å². The molecular formula is C17H19Cl2N. The van der Waals surface area contributed by atoms with E-state index in [1.807, 2.05) is 31.3 Å². The van der Waals surface area contributed by atoms with Gasteiger partial charge in [-0.2, -0.15) is 0 Å². The Balaban J connectivity index is 2.11. The molecule has 0 aromatic heterocycles. The lowest BCUT2D eigenvalue weighted by molar-refractivity contribution is 0.556. The maximum absolute atomic E-state index is 6.31. The highest BCUT2D eigenvalue weighted by Gasteiger charge is 2.12. The second-order valence-corrected chi connectivity index (χ2v) is 5.89. The first-order chi connectivity index (χ1) is 9.60. The molecule has 0 aliphatic rings. The second kappa shape index (κ2) is 7.12. The SMILES string of the molecule is CNC(Cc1ccccc1Cl)Cc1ccc(C)cc1Cl. The van der Waals surface area contributed by atoms with Gasteiger partial charge in [-0.25, -0.2) is 0 Å². The van der Waals surface area contributed by atoms with Crippen molar-refractivity contribution in [1.29, 1.82) is 0 Å². The van der Waals surface area contributed by atoms with Gasteiger partial charge in [0.25, 0.3) is 0 Å². The molecular weight excluding hydrogens is 289 g/mol. The lowest BCUT2D eigenvalue weighted by atomic mass is 9.98. The minimum Gasteiger partial charge on any atom is -0.316 e. The summed E-state index contributed by atoms with van der Waals surface area (Å²) in [5.41, 5.74) is 3.52. The zero-order valence-corrected chi connectivity index (χ0v) is 13.3. The Morgan fingerprint density at radius 1 is 0.950 bits per heavy atom. The Labute approximate surface area is 130 Å². The number of benzene rings is 2. The third kappa shape index (κ3) is 3.99. The monoisotopic (exact) mass is 307 g/mol. The van der Waals surface area contributed by atoms with Gasteiger partial charge >= 0.3 is 0 Å². The average molecular weight is 308 g/mol. The van der Waals surface area contributed by atoms with Crippen LogP contribution >= 0.6 is 23.2 Å². The zero-order chi connectivity index (χ0) is 14.5. The maximum atomic E-state index is 6.31. The molecule has 0 saturated heterocycles. The number of halogens is 2. The Hall–Kier alpha value is -1.02. The summed E-state index contributed by atoms with van der Waals surface area (Å²) in [7, 11) is 1.98. The van der Waals surface area contributed by atoms with E-state index in [9.17, 15) is 0 Å². The van der Waals surface area contributed by atoms with Crippen molar-refractivity contribution in [3.63, 3.8) is 0 Å². The van der Waals surface area contributed by atoms with Crippen molar-refractivity contribution in [1.82, 2.24) is 5.32 Å². The van der Waals surface area contributed by atoms with Crippen LogP contribution in [0.15, 0.2) is 42.5 Å². The van der Waals surface area contributed by atoms with Gasteiger partial charge in [-0.3, -0.25) is 0 Å². The van der Waals surface area contributed by atoms with Crippen LogP contribution in [0.5, 0.6) is 0 Å². The van der Waals surface area contributed by atoms with Gasteiger partial charge in [-0.05, 0) is 55.6 Å². The molecule has 0 aliphatic carbocycles. The number of rotatable bonds is 5. The first kappa shape index (κ1) is 15.4. The van der Waals surface area contributed by atoms with Crippen LogP contribution in [0.2, 0.25) is 10.0 Å². The fourth-order valence-electron chi connectivity index (χ4n) is 2.29. The highest BCUT2D eigenvalue weighted by molar-refractivity contribution is 6.31. The van der Waals surface area contributed by atoms with E-state index >= 15 is 0 Å². The fraction of sp³-hybridized carbons (Fsp3) is 0.294. The van der Waals surface area contributed by atoms with E-state index in [1.54, 1.807) is 0 Å². The molecule has 20 heavy (non-hydrogen) atoms. The summed E-state index contributed by atoms with van der Waals surface area (Å²) >= 11 is 12.5. The van der Waals surface area contributed by atoms with Crippen LogP contribution in [0.25, 0.3) is 0 Å². The summed E-state index contributed by atoms with van der Waals surface area (Å²) in [4.78, 5) is 0. The summed E-state index contributed by atoms with van der Waals surface area (Å²) in [6.45, 7) is 2.05. The largest absolute Gasteiger partial charge is 0.316 e. The predicted octanol–water partition coefficient (Wildman–Crippen LogP) is 4.68. The maximum Gasteiger partial charge on any atom is 0.0441 e. The molecule has 0 spiro atoms.